The summed E-state index contributed by atoms with van der Waals surface area (Å²) in [6.45, 7) is 2.86. The van der Waals surface area contributed by atoms with Gasteiger partial charge in [0.25, 0.3) is 0 Å². The van der Waals surface area contributed by atoms with Crippen LogP contribution in [0.3, 0.4) is 0 Å². The van der Waals surface area contributed by atoms with Gasteiger partial charge < -0.3 is 10.1 Å². The van der Waals surface area contributed by atoms with Gasteiger partial charge in [-0.15, -0.1) is 5.10 Å². The molecule has 1 atom stereocenters. The minimum Gasteiger partial charge on any atom is -0.497 e. The average molecular weight is 246 g/mol. The maximum atomic E-state index is 5.22. The molecule has 1 heterocycles. The molecule has 0 saturated carbocycles. The predicted molar refractivity (Wildman–Crippen MR) is 69.3 cm³/mol. The second kappa shape index (κ2) is 5.64. The summed E-state index contributed by atoms with van der Waals surface area (Å²) < 4.78 is 6.99. The van der Waals surface area contributed by atoms with Crippen molar-refractivity contribution in [3.05, 3.63) is 41.7 Å². The third kappa shape index (κ3) is 2.87. The van der Waals surface area contributed by atoms with E-state index in [4.69, 9.17) is 4.74 Å². The quantitative estimate of drug-likeness (QED) is 0.872. The van der Waals surface area contributed by atoms with Gasteiger partial charge in [-0.3, -0.25) is 4.68 Å². The first-order chi connectivity index (χ1) is 8.70. The molecule has 5 nitrogen and oxygen atoms in total. The van der Waals surface area contributed by atoms with Crippen molar-refractivity contribution >= 4 is 0 Å². The molecule has 1 aromatic carbocycles. The van der Waals surface area contributed by atoms with Crippen LogP contribution in [0.15, 0.2) is 30.5 Å². The minimum atomic E-state index is 0.245. The van der Waals surface area contributed by atoms with Gasteiger partial charge in [-0.2, -0.15) is 0 Å². The van der Waals surface area contributed by atoms with Gasteiger partial charge in [-0.1, -0.05) is 17.3 Å². The van der Waals surface area contributed by atoms with Crippen LogP contribution >= 0.6 is 0 Å². The summed E-state index contributed by atoms with van der Waals surface area (Å²) in [4.78, 5) is 0. The number of methoxy groups -OCH3 is 1. The first-order valence-electron chi connectivity index (χ1n) is 5.91. The Labute approximate surface area is 107 Å². The smallest absolute Gasteiger partial charge is 0.119 e. The van der Waals surface area contributed by atoms with Gasteiger partial charge in [0.15, 0.2) is 0 Å². The number of aryl methyl sites for hydroxylation is 1. The fourth-order valence-corrected chi connectivity index (χ4v) is 1.76. The molecule has 0 spiro atoms. The fraction of sp³-hybridized carbons (Fsp3) is 0.385. The summed E-state index contributed by atoms with van der Waals surface area (Å²) in [5, 5.41) is 11.2. The molecule has 2 rings (SSSR count). The summed E-state index contributed by atoms with van der Waals surface area (Å²) >= 11 is 0. The van der Waals surface area contributed by atoms with Crippen molar-refractivity contribution in [2.45, 2.75) is 19.5 Å². The first-order valence-corrected chi connectivity index (χ1v) is 5.91. The highest BCUT2D eigenvalue weighted by Crippen LogP contribution is 2.18. The summed E-state index contributed by atoms with van der Waals surface area (Å²) in [6, 6.07) is 8.31. The molecule has 0 unspecified atom stereocenters. The Kier molecular flexibility index (Phi) is 3.94. The Balaban J connectivity index is 1.99. The zero-order valence-corrected chi connectivity index (χ0v) is 10.9. The van der Waals surface area contributed by atoms with E-state index in [-0.39, 0.29) is 6.04 Å². The summed E-state index contributed by atoms with van der Waals surface area (Å²) in [5.41, 5.74) is 2.26. The highest BCUT2D eigenvalue weighted by molar-refractivity contribution is 5.30. The Morgan fingerprint density at radius 2 is 2.28 bits per heavy atom. The van der Waals surface area contributed by atoms with Crippen LogP contribution in [-0.4, -0.2) is 22.1 Å². The Hall–Kier alpha value is -1.88. The lowest BCUT2D eigenvalue weighted by Gasteiger charge is -2.14. The number of nitrogens with zero attached hydrogens (tertiary/aromatic N) is 3. The van der Waals surface area contributed by atoms with Gasteiger partial charge in [-0.05, 0) is 24.6 Å². The second-order valence-corrected chi connectivity index (χ2v) is 4.23. The monoisotopic (exact) mass is 246 g/mol. The molecule has 96 valence electrons. The maximum Gasteiger partial charge on any atom is 0.119 e. The lowest BCUT2D eigenvalue weighted by atomic mass is 10.1. The van der Waals surface area contributed by atoms with Crippen molar-refractivity contribution in [2.24, 2.45) is 7.05 Å². The number of nitrogens with one attached hydrogen (secondary N) is 1. The second-order valence-electron chi connectivity index (χ2n) is 4.23. The van der Waals surface area contributed by atoms with Crippen molar-refractivity contribution < 1.29 is 4.74 Å². The van der Waals surface area contributed by atoms with Crippen LogP contribution in [0.1, 0.15) is 24.2 Å². The average Bonchev–Trinajstić information content (AvgIpc) is 2.81. The topological polar surface area (TPSA) is 52.0 Å². The largest absolute Gasteiger partial charge is 0.497 e. The van der Waals surface area contributed by atoms with Crippen LogP contribution in [0.2, 0.25) is 0 Å². The Morgan fingerprint density at radius 1 is 1.44 bits per heavy atom. The molecule has 18 heavy (non-hydrogen) atoms. The number of rotatable bonds is 5. The van der Waals surface area contributed by atoms with E-state index in [2.05, 4.69) is 28.6 Å². The van der Waals surface area contributed by atoms with E-state index in [1.165, 1.54) is 5.56 Å². The molecule has 0 aliphatic carbocycles. The Bertz CT molecular complexity index is 509. The van der Waals surface area contributed by atoms with Crippen LogP contribution in [-0.2, 0) is 13.6 Å². The minimum absolute atomic E-state index is 0.245. The predicted octanol–water partition coefficient (Wildman–Crippen LogP) is 1.67. The summed E-state index contributed by atoms with van der Waals surface area (Å²) in [6.07, 6.45) is 1.77. The van der Waals surface area contributed by atoms with Crippen LogP contribution in [0, 0.1) is 0 Å². The van der Waals surface area contributed by atoms with Gasteiger partial charge in [0.1, 0.15) is 5.75 Å². The third-order valence-corrected chi connectivity index (χ3v) is 2.99. The molecule has 5 heteroatoms. The van der Waals surface area contributed by atoms with Crippen LogP contribution in [0.5, 0.6) is 5.75 Å². The normalized spacial score (nSPS) is 12.4. The molecule has 0 aliphatic rings. The van der Waals surface area contributed by atoms with Crippen molar-refractivity contribution in [1.29, 1.82) is 0 Å². The molecular formula is C13H18N4O. The standard InChI is InChI=1S/C13H18N4O/c1-10(11-5-4-6-13(7-11)18-3)14-8-12-9-15-16-17(12)2/h4-7,9-10,14H,8H2,1-3H3/t10-/m0/s1. The third-order valence-electron chi connectivity index (χ3n) is 2.99. The maximum absolute atomic E-state index is 5.22. The van der Waals surface area contributed by atoms with Crippen LogP contribution < -0.4 is 10.1 Å². The van der Waals surface area contributed by atoms with Gasteiger partial charge in [0, 0.05) is 19.6 Å². The number of benzene rings is 1. The molecular weight excluding hydrogens is 228 g/mol. The van der Waals surface area contributed by atoms with E-state index in [9.17, 15) is 0 Å². The molecule has 0 amide bonds. The zero-order chi connectivity index (χ0) is 13.0. The van der Waals surface area contributed by atoms with Crippen LogP contribution in [0.4, 0.5) is 0 Å². The molecule has 1 aromatic heterocycles. The number of hydrogen-bond acceptors (Lipinski definition) is 4. The fourth-order valence-electron chi connectivity index (χ4n) is 1.76. The first kappa shape index (κ1) is 12.6. The highest BCUT2D eigenvalue weighted by Gasteiger charge is 2.07. The molecule has 0 saturated heterocycles. The lowest BCUT2D eigenvalue weighted by molar-refractivity contribution is 0.413. The van der Waals surface area contributed by atoms with Gasteiger partial charge in [0.05, 0.1) is 19.0 Å². The van der Waals surface area contributed by atoms with Gasteiger partial charge in [0.2, 0.25) is 0 Å². The van der Waals surface area contributed by atoms with Crippen molar-refractivity contribution in [2.75, 3.05) is 7.11 Å². The number of ether oxygens (including phenoxy) is 1. The molecule has 0 fully saturated rings. The van der Waals surface area contributed by atoms with Crippen molar-refractivity contribution in [3.8, 4) is 5.75 Å². The summed E-state index contributed by atoms with van der Waals surface area (Å²) in [5.74, 6) is 0.878. The summed E-state index contributed by atoms with van der Waals surface area (Å²) in [7, 11) is 3.57. The lowest BCUT2D eigenvalue weighted by Crippen LogP contribution is -2.19. The molecule has 0 aliphatic heterocycles. The Morgan fingerprint density at radius 3 is 2.94 bits per heavy atom. The number of hydrogen-bond donors (Lipinski definition) is 1. The van der Waals surface area contributed by atoms with E-state index in [0.717, 1.165) is 18.0 Å². The van der Waals surface area contributed by atoms with E-state index in [0.29, 0.717) is 0 Å². The zero-order valence-electron chi connectivity index (χ0n) is 10.9. The van der Waals surface area contributed by atoms with Crippen molar-refractivity contribution in [1.82, 2.24) is 20.3 Å². The highest BCUT2D eigenvalue weighted by atomic mass is 16.5. The SMILES string of the molecule is COc1cccc([C@H](C)NCc2cnnn2C)c1. The molecule has 1 N–H and O–H groups in total. The molecule has 2 aromatic rings. The van der Waals surface area contributed by atoms with E-state index < -0.39 is 0 Å². The molecule has 0 radical (unpaired) electrons. The molecule has 0 bridgehead atoms. The van der Waals surface area contributed by atoms with Crippen molar-refractivity contribution in [3.63, 3.8) is 0 Å². The van der Waals surface area contributed by atoms with Gasteiger partial charge >= 0.3 is 0 Å². The van der Waals surface area contributed by atoms with E-state index >= 15 is 0 Å². The van der Waals surface area contributed by atoms with E-state index in [1.54, 1.807) is 18.0 Å². The van der Waals surface area contributed by atoms with Gasteiger partial charge in [-0.25, -0.2) is 0 Å². The number of aromatic nitrogens is 3. The van der Waals surface area contributed by atoms with E-state index in [1.807, 2.05) is 25.2 Å². The van der Waals surface area contributed by atoms with Crippen LogP contribution in [0.25, 0.3) is 0 Å².